The molecule has 2 aromatic rings. The van der Waals surface area contributed by atoms with E-state index in [1.54, 1.807) is 4.90 Å². The summed E-state index contributed by atoms with van der Waals surface area (Å²) in [6, 6.07) is 5.67. The largest absolute Gasteiger partial charge is 0.375 e. The molecule has 9 heteroatoms. The number of benzene rings is 1. The smallest absolute Gasteiger partial charge is 0.275 e. The van der Waals surface area contributed by atoms with Crippen LogP contribution in [0.3, 0.4) is 0 Å². The van der Waals surface area contributed by atoms with Crippen LogP contribution in [0.5, 0.6) is 0 Å². The van der Waals surface area contributed by atoms with Gasteiger partial charge in [-0.2, -0.15) is 0 Å². The van der Waals surface area contributed by atoms with Crippen LogP contribution in [0.1, 0.15) is 47.8 Å². The number of fused-ring (bicyclic) bond motifs is 1. The molecule has 3 atom stereocenters. The molecule has 1 amide bonds. The minimum Gasteiger partial charge on any atom is -0.375 e. The molecule has 0 bridgehead atoms. The summed E-state index contributed by atoms with van der Waals surface area (Å²) in [4.78, 5) is 19.8. The number of nitrogens with zero attached hydrogens (tertiary/aromatic N) is 3. The summed E-state index contributed by atoms with van der Waals surface area (Å²) in [7, 11) is 0. The highest BCUT2D eigenvalue weighted by Gasteiger charge is 2.58. The van der Waals surface area contributed by atoms with E-state index in [4.69, 9.17) is 4.74 Å². The molecule has 0 radical (unpaired) electrons. The van der Waals surface area contributed by atoms with Gasteiger partial charge in [0.2, 0.25) is 0 Å². The molecule has 31 heavy (non-hydrogen) atoms. The lowest BCUT2D eigenvalue weighted by Crippen LogP contribution is -2.54. The predicted octanol–water partition coefficient (Wildman–Crippen LogP) is 2.99. The summed E-state index contributed by atoms with van der Waals surface area (Å²) >= 11 is 0. The van der Waals surface area contributed by atoms with Gasteiger partial charge in [-0.1, -0.05) is 0 Å². The van der Waals surface area contributed by atoms with Gasteiger partial charge in [-0.05, 0) is 55.5 Å². The number of rotatable bonds is 2. The first-order valence-corrected chi connectivity index (χ1v) is 10.4. The van der Waals surface area contributed by atoms with E-state index < -0.39 is 35.2 Å². The number of hydrogen-bond acceptors (Lipinski definition) is 5. The average Bonchev–Trinajstić information content (AvgIpc) is 3.26. The second kappa shape index (κ2) is 7.58. The number of aliphatic hydroxyl groups is 1. The molecular formula is C22H22F3N3O3. The van der Waals surface area contributed by atoms with Crippen LogP contribution in [0.2, 0.25) is 0 Å². The topological polar surface area (TPSA) is 65.9 Å². The summed E-state index contributed by atoms with van der Waals surface area (Å²) in [5.41, 5.74) is -0.632. The third kappa shape index (κ3) is 3.40. The average molecular weight is 433 g/mol. The molecule has 0 aliphatic carbocycles. The number of aromatic nitrogens is 1. The zero-order valence-electron chi connectivity index (χ0n) is 16.7. The number of carbonyl (C=O) groups is 1. The van der Waals surface area contributed by atoms with Crippen molar-refractivity contribution < 1.29 is 27.8 Å². The van der Waals surface area contributed by atoms with Crippen LogP contribution < -0.4 is 0 Å². The van der Waals surface area contributed by atoms with Gasteiger partial charge in [-0.25, -0.2) is 23.1 Å². The Morgan fingerprint density at radius 1 is 1.13 bits per heavy atom. The van der Waals surface area contributed by atoms with Crippen molar-refractivity contribution >= 4 is 5.91 Å². The fourth-order valence-electron chi connectivity index (χ4n) is 5.11. The van der Waals surface area contributed by atoms with E-state index in [0.717, 1.165) is 6.07 Å². The van der Waals surface area contributed by atoms with Gasteiger partial charge in [0.25, 0.3) is 5.91 Å². The zero-order chi connectivity index (χ0) is 21.8. The van der Waals surface area contributed by atoms with Gasteiger partial charge in [-0.15, -0.1) is 0 Å². The molecule has 0 saturated carbocycles. The summed E-state index contributed by atoms with van der Waals surface area (Å²) in [6.45, 7) is 0.567. The first kappa shape index (κ1) is 20.4. The van der Waals surface area contributed by atoms with Crippen molar-refractivity contribution in [1.29, 1.82) is 0 Å². The quantitative estimate of drug-likeness (QED) is 0.789. The Kier molecular flexibility index (Phi) is 4.99. The van der Waals surface area contributed by atoms with E-state index in [2.05, 4.69) is 4.98 Å². The molecule has 3 aliphatic heterocycles. The second-order valence-corrected chi connectivity index (χ2v) is 8.38. The predicted molar refractivity (Wildman–Crippen MR) is 103 cm³/mol. The number of ether oxygens (including phenoxy) is 1. The van der Waals surface area contributed by atoms with Crippen molar-refractivity contribution in [3.8, 4) is 0 Å². The lowest BCUT2D eigenvalue weighted by atomic mass is 9.88. The molecule has 2 unspecified atom stereocenters. The van der Waals surface area contributed by atoms with Crippen molar-refractivity contribution in [2.24, 2.45) is 0 Å². The van der Waals surface area contributed by atoms with Crippen LogP contribution in [0.25, 0.3) is 0 Å². The summed E-state index contributed by atoms with van der Waals surface area (Å²) < 4.78 is 47.7. The van der Waals surface area contributed by atoms with Crippen LogP contribution in [0, 0.1) is 17.5 Å². The highest BCUT2D eigenvalue weighted by molar-refractivity contribution is 5.92. The van der Waals surface area contributed by atoms with Crippen LogP contribution in [-0.4, -0.2) is 56.9 Å². The minimum absolute atomic E-state index is 0.222. The van der Waals surface area contributed by atoms with Crippen LogP contribution in [0.15, 0.2) is 36.5 Å². The Labute approximate surface area is 177 Å². The second-order valence-electron chi connectivity index (χ2n) is 8.38. The number of hydrogen-bond donors (Lipinski definition) is 1. The first-order valence-electron chi connectivity index (χ1n) is 10.4. The van der Waals surface area contributed by atoms with Crippen molar-refractivity contribution in [3.05, 3.63) is 65.2 Å². The molecule has 3 aliphatic rings. The normalized spacial score (nSPS) is 27.6. The Morgan fingerprint density at radius 3 is 2.52 bits per heavy atom. The fourth-order valence-corrected chi connectivity index (χ4v) is 5.11. The van der Waals surface area contributed by atoms with E-state index in [0.29, 0.717) is 31.2 Å². The Balaban J connectivity index is 1.32. The molecule has 3 saturated heterocycles. The number of pyridine rings is 1. The lowest BCUT2D eigenvalue weighted by molar-refractivity contribution is -0.115. The number of carbonyl (C=O) groups excluding carboxylic acids is 1. The number of piperidine rings is 1. The van der Waals surface area contributed by atoms with E-state index in [1.807, 2.05) is 0 Å². The summed E-state index contributed by atoms with van der Waals surface area (Å²) in [5, 5.41) is 11.2. The molecule has 5 rings (SSSR count). The zero-order valence-corrected chi connectivity index (χ0v) is 16.7. The Bertz CT molecular complexity index is 992. The maximum atomic E-state index is 13.9. The molecule has 1 N–H and O–H groups in total. The number of aliphatic hydroxyl groups excluding tert-OH is 1. The third-order valence-electron chi connectivity index (χ3n) is 6.63. The summed E-state index contributed by atoms with van der Waals surface area (Å²) in [5.74, 6) is -2.47. The number of halogens is 3. The number of amides is 1. The number of likely N-dealkylation sites (tertiary alicyclic amines) is 1. The maximum Gasteiger partial charge on any atom is 0.275 e. The SMILES string of the molecule is O=C(c1ncccc1F)N1CCC2(CC1)OC1CC[C@@H](c3cc(F)cc(F)c3)N1C2O. The van der Waals surface area contributed by atoms with Gasteiger partial charge >= 0.3 is 0 Å². The first-order chi connectivity index (χ1) is 14.9. The monoisotopic (exact) mass is 433 g/mol. The Morgan fingerprint density at radius 2 is 1.84 bits per heavy atom. The van der Waals surface area contributed by atoms with Crippen molar-refractivity contribution in [1.82, 2.24) is 14.8 Å². The summed E-state index contributed by atoms with van der Waals surface area (Å²) in [6.07, 6.45) is 2.02. The maximum absolute atomic E-state index is 13.9. The van der Waals surface area contributed by atoms with Gasteiger partial charge in [-0.3, -0.25) is 4.79 Å². The van der Waals surface area contributed by atoms with Crippen molar-refractivity contribution in [2.75, 3.05) is 13.1 Å². The highest BCUT2D eigenvalue weighted by atomic mass is 19.1. The fraction of sp³-hybridized carbons (Fsp3) is 0.455. The molecular weight excluding hydrogens is 411 g/mol. The van der Waals surface area contributed by atoms with E-state index >= 15 is 0 Å². The minimum atomic E-state index is -0.972. The van der Waals surface area contributed by atoms with E-state index in [1.165, 1.54) is 35.4 Å². The Hall–Kier alpha value is -2.49. The van der Waals surface area contributed by atoms with Crippen LogP contribution in [-0.2, 0) is 4.74 Å². The standard InChI is InChI=1S/C22H22F3N3O3/c23-14-10-13(11-15(24)12-14)17-3-4-18-28(17)21(30)22(31-18)5-8-27(9-6-22)20(29)19-16(25)2-1-7-26-19/h1-2,7,10-12,17-18,21,30H,3-6,8-9H2/t17-,18?,21?/m0/s1. The van der Waals surface area contributed by atoms with Gasteiger partial charge in [0.05, 0.1) is 0 Å². The molecule has 1 spiro atoms. The third-order valence-corrected chi connectivity index (χ3v) is 6.63. The molecule has 1 aromatic carbocycles. The molecule has 3 fully saturated rings. The van der Waals surface area contributed by atoms with E-state index in [-0.39, 0.29) is 31.1 Å². The molecule has 6 nitrogen and oxygen atoms in total. The van der Waals surface area contributed by atoms with Gasteiger partial charge in [0.15, 0.2) is 11.5 Å². The van der Waals surface area contributed by atoms with Crippen molar-refractivity contribution in [3.63, 3.8) is 0 Å². The van der Waals surface area contributed by atoms with Crippen LogP contribution >= 0.6 is 0 Å². The van der Waals surface area contributed by atoms with Gasteiger partial charge < -0.3 is 14.7 Å². The van der Waals surface area contributed by atoms with Gasteiger partial charge in [0, 0.05) is 31.4 Å². The van der Waals surface area contributed by atoms with Crippen LogP contribution in [0.4, 0.5) is 13.2 Å². The van der Waals surface area contributed by atoms with Gasteiger partial charge in [0.1, 0.15) is 29.7 Å². The molecule has 164 valence electrons. The van der Waals surface area contributed by atoms with Crippen molar-refractivity contribution in [2.45, 2.75) is 49.8 Å². The van der Waals surface area contributed by atoms with E-state index in [9.17, 15) is 23.1 Å². The molecule has 4 heterocycles. The molecule has 1 aromatic heterocycles. The highest BCUT2D eigenvalue weighted by Crippen LogP contribution is 2.50. The lowest BCUT2D eigenvalue weighted by Gasteiger charge is -2.41.